The van der Waals surface area contributed by atoms with Crippen molar-refractivity contribution in [2.45, 2.75) is 77.8 Å². The van der Waals surface area contributed by atoms with Gasteiger partial charge in [0.25, 0.3) is 0 Å². The van der Waals surface area contributed by atoms with E-state index in [9.17, 15) is 9.59 Å². The van der Waals surface area contributed by atoms with Crippen LogP contribution in [0.15, 0.2) is 0 Å². The van der Waals surface area contributed by atoms with Crippen molar-refractivity contribution in [3.63, 3.8) is 0 Å². The summed E-state index contributed by atoms with van der Waals surface area (Å²) in [6.45, 7) is 9.13. The zero-order chi connectivity index (χ0) is 15.6. The second-order valence-electron chi connectivity index (χ2n) is 7.16. The van der Waals surface area contributed by atoms with Crippen LogP contribution in [-0.2, 0) is 9.59 Å². The van der Waals surface area contributed by atoms with Gasteiger partial charge in [0.2, 0.25) is 11.8 Å². The highest BCUT2D eigenvalue weighted by molar-refractivity contribution is 5.93. The lowest BCUT2D eigenvalue weighted by Gasteiger charge is -2.42. The molecule has 1 saturated carbocycles. The van der Waals surface area contributed by atoms with E-state index >= 15 is 0 Å². The van der Waals surface area contributed by atoms with E-state index in [1.165, 1.54) is 6.42 Å². The van der Waals surface area contributed by atoms with Gasteiger partial charge in [0, 0.05) is 19.0 Å². The van der Waals surface area contributed by atoms with Gasteiger partial charge in [-0.25, -0.2) is 0 Å². The number of rotatable bonds is 3. The van der Waals surface area contributed by atoms with E-state index in [1.54, 1.807) is 0 Å². The first-order valence-electron chi connectivity index (χ1n) is 8.54. The summed E-state index contributed by atoms with van der Waals surface area (Å²) in [7, 11) is 0. The Bertz CT molecular complexity index is 394. The highest BCUT2D eigenvalue weighted by atomic mass is 16.2. The highest BCUT2D eigenvalue weighted by Crippen LogP contribution is 2.34. The van der Waals surface area contributed by atoms with E-state index in [4.69, 9.17) is 0 Å². The third-order valence-corrected chi connectivity index (χ3v) is 5.43. The van der Waals surface area contributed by atoms with Crippen LogP contribution in [0.4, 0.5) is 0 Å². The Kier molecular flexibility index (Phi) is 4.95. The minimum absolute atomic E-state index is 0.0199. The van der Waals surface area contributed by atoms with Crippen molar-refractivity contribution < 1.29 is 9.59 Å². The maximum atomic E-state index is 13.1. The van der Waals surface area contributed by atoms with Crippen LogP contribution < -0.4 is 5.32 Å². The molecule has 2 amide bonds. The molecule has 2 atom stereocenters. The van der Waals surface area contributed by atoms with Crippen LogP contribution in [0, 0.1) is 11.8 Å². The van der Waals surface area contributed by atoms with Gasteiger partial charge in [-0.2, -0.15) is 0 Å². The Morgan fingerprint density at radius 1 is 1.10 bits per heavy atom. The Balaban J connectivity index is 2.25. The van der Waals surface area contributed by atoms with Gasteiger partial charge < -0.3 is 10.2 Å². The van der Waals surface area contributed by atoms with E-state index in [2.05, 4.69) is 19.2 Å². The second kappa shape index (κ2) is 6.37. The number of carbonyl (C=O) groups is 2. The van der Waals surface area contributed by atoms with Crippen LogP contribution >= 0.6 is 0 Å². The molecule has 0 spiro atoms. The summed E-state index contributed by atoms with van der Waals surface area (Å²) < 4.78 is 0. The topological polar surface area (TPSA) is 49.4 Å². The summed E-state index contributed by atoms with van der Waals surface area (Å²) in [4.78, 5) is 27.2. The van der Waals surface area contributed by atoms with Crippen LogP contribution in [0.3, 0.4) is 0 Å². The van der Waals surface area contributed by atoms with Crippen molar-refractivity contribution in [1.82, 2.24) is 10.2 Å². The lowest BCUT2D eigenvalue weighted by molar-refractivity contribution is -0.142. The predicted octanol–water partition coefficient (Wildman–Crippen LogP) is 2.72. The summed E-state index contributed by atoms with van der Waals surface area (Å²) in [5, 5.41) is 3.00. The zero-order valence-electron chi connectivity index (χ0n) is 13.9. The molecular formula is C17H30N2O2. The van der Waals surface area contributed by atoms with Crippen molar-refractivity contribution in [3.05, 3.63) is 0 Å². The van der Waals surface area contributed by atoms with Crippen LogP contribution in [0.1, 0.15) is 66.2 Å². The fourth-order valence-electron chi connectivity index (χ4n) is 4.22. The van der Waals surface area contributed by atoms with Gasteiger partial charge in [-0.05, 0) is 43.9 Å². The molecule has 21 heavy (non-hydrogen) atoms. The van der Waals surface area contributed by atoms with Crippen molar-refractivity contribution in [1.29, 1.82) is 0 Å². The Morgan fingerprint density at radius 3 is 2.19 bits per heavy atom. The fraction of sp³-hybridized carbons (Fsp3) is 0.882. The fourth-order valence-corrected chi connectivity index (χ4v) is 4.22. The number of amides is 2. The van der Waals surface area contributed by atoms with E-state index < -0.39 is 5.54 Å². The number of hydrogen-bond donors (Lipinski definition) is 1. The molecular weight excluding hydrogens is 264 g/mol. The van der Waals surface area contributed by atoms with Crippen LogP contribution in [0.5, 0.6) is 0 Å². The predicted molar refractivity (Wildman–Crippen MR) is 83.8 cm³/mol. The van der Waals surface area contributed by atoms with Crippen molar-refractivity contribution in [3.8, 4) is 0 Å². The smallest absolute Gasteiger partial charge is 0.248 e. The molecule has 2 aliphatic rings. The summed E-state index contributed by atoms with van der Waals surface area (Å²) in [6.07, 6.45) is 5.18. The van der Waals surface area contributed by atoms with Gasteiger partial charge in [0.15, 0.2) is 0 Å². The lowest BCUT2D eigenvalue weighted by Crippen LogP contribution is -2.58. The van der Waals surface area contributed by atoms with Crippen LogP contribution in [0.2, 0.25) is 0 Å². The molecule has 0 bridgehead atoms. The van der Waals surface area contributed by atoms with Gasteiger partial charge in [-0.1, -0.05) is 27.7 Å². The van der Waals surface area contributed by atoms with Gasteiger partial charge in [0.1, 0.15) is 5.54 Å². The largest absolute Gasteiger partial charge is 0.342 e. The van der Waals surface area contributed by atoms with Crippen molar-refractivity contribution in [2.75, 3.05) is 6.54 Å². The van der Waals surface area contributed by atoms with Crippen LogP contribution in [-0.4, -0.2) is 34.8 Å². The monoisotopic (exact) mass is 294 g/mol. The third-order valence-electron chi connectivity index (χ3n) is 5.43. The molecule has 120 valence electrons. The number of hydrogen-bond acceptors (Lipinski definition) is 2. The van der Waals surface area contributed by atoms with Gasteiger partial charge in [-0.15, -0.1) is 0 Å². The van der Waals surface area contributed by atoms with E-state index in [1.807, 2.05) is 18.7 Å². The van der Waals surface area contributed by atoms with Crippen molar-refractivity contribution >= 4 is 11.8 Å². The molecule has 1 N–H and O–H groups in total. The molecule has 2 rings (SSSR count). The second-order valence-corrected chi connectivity index (χ2v) is 7.16. The highest BCUT2D eigenvalue weighted by Gasteiger charge is 2.44. The summed E-state index contributed by atoms with van der Waals surface area (Å²) >= 11 is 0. The normalized spacial score (nSPS) is 33.5. The minimum atomic E-state index is -0.683. The third kappa shape index (κ3) is 3.24. The van der Waals surface area contributed by atoms with Gasteiger partial charge in [-0.3, -0.25) is 9.59 Å². The van der Waals surface area contributed by atoms with Crippen molar-refractivity contribution in [2.24, 2.45) is 11.8 Å². The maximum Gasteiger partial charge on any atom is 0.248 e. The quantitative estimate of drug-likeness (QED) is 0.870. The average molecular weight is 294 g/mol. The minimum Gasteiger partial charge on any atom is -0.342 e. The molecule has 1 aliphatic heterocycles. The van der Waals surface area contributed by atoms with Gasteiger partial charge >= 0.3 is 0 Å². The van der Waals surface area contributed by atoms with E-state index in [0.29, 0.717) is 43.7 Å². The lowest BCUT2D eigenvalue weighted by atomic mass is 9.79. The van der Waals surface area contributed by atoms with Gasteiger partial charge in [0.05, 0.1) is 0 Å². The molecule has 0 aromatic rings. The number of nitrogens with one attached hydrogen (secondary N) is 1. The summed E-state index contributed by atoms with van der Waals surface area (Å²) in [5.74, 6) is 1.49. The Hall–Kier alpha value is -1.06. The molecule has 0 radical (unpaired) electrons. The number of carbonyl (C=O) groups excluding carboxylic acids is 2. The first-order chi connectivity index (χ1) is 9.91. The molecule has 1 saturated heterocycles. The first kappa shape index (κ1) is 16.3. The molecule has 0 aromatic carbocycles. The molecule has 1 heterocycles. The molecule has 4 nitrogen and oxygen atoms in total. The molecule has 1 aliphatic carbocycles. The molecule has 4 heteroatoms. The molecule has 0 aromatic heterocycles. The Morgan fingerprint density at radius 2 is 1.67 bits per heavy atom. The Labute approximate surface area is 128 Å². The van der Waals surface area contributed by atoms with E-state index in [0.717, 1.165) is 12.8 Å². The summed E-state index contributed by atoms with van der Waals surface area (Å²) in [6, 6.07) is 0.307. The molecule has 2 fully saturated rings. The zero-order valence-corrected chi connectivity index (χ0v) is 13.9. The number of nitrogens with zero attached hydrogens (tertiary/aromatic N) is 1. The van der Waals surface area contributed by atoms with Crippen LogP contribution in [0.25, 0.3) is 0 Å². The average Bonchev–Trinajstić information content (AvgIpc) is 2.55. The summed E-state index contributed by atoms with van der Waals surface area (Å²) in [5.41, 5.74) is -0.683. The maximum absolute atomic E-state index is 13.1. The standard InChI is InChI=1S/C17H30N2O2/c1-5-17(6-2)16(21)19(8-7-15(20)18-17)14-10-12(3)9-13(4)11-14/h12-14H,5-11H2,1-4H3,(H,18,20). The molecule has 2 unspecified atom stereocenters. The van der Waals surface area contributed by atoms with E-state index in [-0.39, 0.29) is 11.8 Å². The SMILES string of the molecule is CCC1(CC)NC(=O)CCN(C2CC(C)CC(C)C2)C1=O. The first-order valence-corrected chi connectivity index (χ1v) is 8.54.